The normalized spacial score (nSPS) is 71.0. The van der Waals surface area contributed by atoms with Gasteiger partial charge in [0, 0.05) is 11.8 Å². The third-order valence-electron chi connectivity index (χ3n) is 10.0. The predicted molar refractivity (Wildman–Crippen MR) is 91.8 cm³/mol. The van der Waals surface area contributed by atoms with E-state index >= 15 is 0 Å². The monoisotopic (exact) mass is 368 g/mol. The molecule has 2 aliphatic heterocycles. The first-order chi connectivity index (χ1) is 11.7. The first kappa shape index (κ1) is 17.8. The Kier molecular flexibility index (Phi) is 2.78. The van der Waals surface area contributed by atoms with E-state index in [9.17, 15) is 25.5 Å². The van der Waals surface area contributed by atoms with Crippen LogP contribution in [0.3, 0.4) is 0 Å². The van der Waals surface area contributed by atoms with Crippen LogP contribution >= 0.6 is 0 Å². The van der Waals surface area contributed by atoms with E-state index in [-0.39, 0.29) is 30.6 Å². The maximum Gasteiger partial charge on any atom is 0.176 e. The summed E-state index contributed by atoms with van der Waals surface area (Å²) in [7, 11) is 0. The van der Waals surface area contributed by atoms with E-state index in [1.165, 1.54) is 0 Å². The molecule has 4 aliphatic carbocycles. The van der Waals surface area contributed by atoms with Gasteiger partial charge >= 0.3 is 0 Å². The second-order valence-electron chi connectivity index (χ2n) is 10.8. The molecule has 10 atom stereocenters. The Bertz CT molecular complexity index is 712. The largest absolute Gasteiger partial charge is 0.390 e. The van der Waals surface area contributed by atoms with Gasteiger partial charge in [-0.25, -0.2) is 0 Å². The Morgan fingerprint density at radius 2 is 1.65 bits per heavy atom. The van der Waals surface area contributed by atoms with E-state index < -0.39 is 45.1 Å². The van der Waals surface area contributed by atoms with Crippen molar-refractivity contribution in [1.82, 2.24) is 0 Å². The highest BCUT2D eigenvalue weighted by Crippen LogP contribution is 2.89. The lowest BCUT2D eigenvalue weighted by atomic mass is 9.53. The van der Waals surface area contributed by atoms with E-state index in [2.05, 4.69) is 0 Å². The molecule has 4 saturated carbocycles. The Balaban J connectivity index is 1.91. The zero-order valence-corrected chi connectivity index (χ0v) is 16.3. The Hall–Kier alpha value is -0.240. The predicted octanol–water partition coefficient (Wildman–Crippen LogP) is 0.534. The van der Waals surface area contributed by atoms with Crippen LogP contribution in [0.4, 0.5) is 0 Å². The summed E-state index contributed by atoms with van der Waals surface area (Å²) in [5.41, 5.74) is -9.27. The lowest BCUT2D eigenvalue weighted by Gasteiger charge is -2.60. The molecule has 6 aliphatic rings. The van der Waals surface area contributed by atoms with E-state index in [4.69, 9.17) is 4.74 Å². The van der Waals surface area contributed by atoms with E-state index in [1.807, 2.05) is 20.8 Å². The average molecular weight is 368 g/mol. The van der Waals surface area contributed by atoms with Crippen molar-refractivity contribution in [1.29, 1.82) is 0 Å². The molecule has 0 aromatic heterocycles. The molecule has 6 heteroatoms. The van der Waals surface area contributed by atoms with Crippen LogP contribution in [-0.4, -0.2) is 59.8 Å². The number of ether oxygens (including phenoxy) is 1. The molecule has 2 saturated heterocycles. The van der Waals surface area contributed by atoms with Crippen molar-refractivity contribution >= 4 is 0 Å². The van der Waals surface area contributed by atoms with Crippen molar-refractivity contribution in [2.45, 2.75) is 94.6 Å². The molecule has 0 aromatic rings. The molecular formula is C20H32O6. The molecule has 6 nitrogen and oxygen atoms in total. The van der Waals surface area contributed by atoms with Gasteiger partial charge in [0.15, 0.2) is 11.4 Å². The van der Waals surface area contributed by atoms with Crippen molar-refractivity contribution in [3.05, 3.63) is 0 Å². The maximum absolute atomic E-state index is 12.3. The second-order valence-corrected chi connectivity index (χ2v) is 10.8. The zero-order chi connectivity index (χ0) is 19.3. The SMILES string of the molecule is CC(C)[C@H]1C[C@@]2(O)[C@@]3(C)C[C@]4(O)O[C@@]5([C@H](O)[C@@H](C)CC[C@]35O)[C@@]2(O)[C@]14C. The molecule has 6 fully saturated rings. The molecule has 0 radical (unpaired) electrons. The smallest absolute Gasteiger partial charge is 0.176 e. The molecule has 0 amide bonds. The highest BCUT2D eigenvalue weighted by Gasteiger charge is 3.05. The van der Waals surface area contributed by atoms with Crippen molar-refractivity contribution in [3.8, 4) is 0 Å². The lowest BCUT2D eigenvalue weighted by Crippen LogP contribution is -2.74. The van der Waals surface area contributed by atoms with E-state index in [1.54, 1.807) is 13.8 Å². The van der Waals surface area contributed by atoms with Crippen molar-refractivity contribution in [2.24, 2.45) is 28.6 Å². The maximum atomic E-state index is 12.3. The molecule has 6 bridgehead atoms. The Morgan fingerprint density at radius 1 is 1.04 bits per heavy atom. The van der Waals surface area contributed by atoms with Gasteiger partial charge < -0.3 is 30.3 Å². The molecule has 5 N–H and O–H groups in total. The number of hydrogen-bond donors (Lipinski definition) is 5. The minimum atomic E-state index is -1.92. The number of hydrogen-bond acceptors (Lipinski definition) is 6. The number of rotatable bonds is 1. The van der Waals surface area contributed by atoms with E-state index in [0.717, 1.165) is 0 Å². The van der Waals surface area contributed by atoms with E-state index in [0.29, 0.717) is 12.8 Å². The van der Waals surface area contributed by atoms with Gasteiger partial charge in [0.2, 0.25) is 0 Å². The van der Waals surface area contributed by atoms with Gasteiger partial charge in [-0.2, -0.15) is 0 Å². The van der Waals surface area contributed by atoms with Crippen LogP contribution in [0, 0.1) is 28.6 Å². The molecule has 148 valence electrons. The molecular weight excluding hydrogens is 336 g/mol. The minimum absolute atomic E-state index is 0.0535. The van der Waals surface area contributed by atoms with Gasteiger partial charge in [0.05, 0.1) is 11.5 Å². The van der Waals surface area contributed by atoms with Crippen LogP contribution in [0.15, 0.2) is 0 Å². The van der Waals surface area contributed by atoms with Gasteiger partial charge in [-0.1, -0.05) is 34.6 Å². The summed E-state index contributed by atoms with van der Waals surface area (Å²) in [6, 6.07) is 0. The summed E-state index contributed by atoms with van der Waals surface area (Å²) >= 11 is 0. The quantitative estimate of drug-likeness (QED) is 0.462. The lowest BCUT2D eigenvalue weighted by molar-refractivity contribution is -0.386. The molecule has 2 heterocycles. The van der Waals surface area contributed by atoms with Crippen LogP contribution in [0.1, 0.15) is 60.3 Å². The summed E-state index contributed by atoms with van der Waals surface area (Å²) in [5.74, 6) is -2.01. The van der Waals surface area contributed by atoms with Crippen LogP contribution in [0.25, 0.3) is 0 Å². The molecule has 0 aromatic carbocycles. The second kappa shape index (κ2) is 4.05. The molecule has 26 heavy (non-hydrogen) atoms. The van der Waals surface area contributed by atoms with Crippen molar-refractivity contribution < 1.29 is 30.3 Å². The number of aliphatic hydroxyl groups is 5. The summed E-state index contributed by atoms with van der Waals surface area (Å²) in [6.07, 6.45) is 0.0697. The molecule has 1 spiro atoms. The van der Waals surface area contributed by atoms with Crippen LogP contribution in [0.2, 0.25) is 0 Å². The summed E-state index contributed by atoms with van der Waals surface area (Å²) in [6.45, 7) is 9.44. The van der Waals surface area contributed by atoms with Gasteiger partial charge in [-0.3, -0.25) is 0 Å². The third kappa shape index (κ3) is 1.10. The Morgan fingerprint density at radius 3 is 2.23 bits per heavy atom. The first-order valence-electron chi connectivity index (χ1n) is 10.0. The highest BCUT2D eigenvalue weighted by molar-refractivity contribution is 5.52. The van der Waals surface area contributed by atoms with Gasteiger partial charge in [0.25, 0.3) is 0 Å². The van der Waals surface area contributed by atoms with Crippen LogP contribution in [-0.2, 0) is 4.74 Å². The zero-order valence-electron chi connectivity index (χ0n) is 16.3. The summed E-state index contributed by atoms with van der Waals surface area (Å²) < 4.78 is 6.21. The third-order valence-corrected chi connectivity index (χ3v) is 10.0. The van der Waals surface area contributed by atoms with Gasteiger partial charge in [-0.05, 0) is 37.0 Å². The Labute approximate surface area is 154 Å². The fraction of sp³-hybridized carbons (Fsp3) is 1.00. The fourth-order valence-corrected chi connectivity index (χ4v) is 8.71. The van der Waals surface area contributed by atoms with Gasteiger partial charge in [-0.15, -0.1) is 0 Å². The minimum Gasteiger partial charge on any atom is -0.390 e. The van der Waals surface area contributed by atoms with Crippen LogP contribution < -0.4 is 0 Å². The standard InChI is InChI=1S/C20H32O6/c1-10(2)12-8-17(23)14(4)9-18(24)15(12,5)20(17,25)19(26-18)13(21)11(3)6-7-16(14,19)22/h10-13,21-25H,6-9H2,1-5H3/t11-,12+,13+,14-,15+,16-,17+,18-,19+,20+/m0/s1. The van der Waals surface area contributed by atoms with Crippen molar-refractivity contribution in [2.75, 3.05) is 0 Å². The topological polar surface area (TPSA) is 110 Å². The average Bonchev–Trinajstić information content (AvgIpc) is 2.82. The summed E-state index contributed by atoms with van der Waals surface area (Å²) in [5, 5.41) is 59.1. The summed E-state index contributed by atoms with van der Waals surface area (Å²) in [4.78, 5) is 0. The molecule has 6 rings (SSSR count). The van der Waals surface area contributed by atoms with Crippen LogP contribution in [0.5, 0.6) is 0 Å². The highest BCUT2D eigenvalue weighted by atomic mass is 16.7. The number of aliphatic hydroxyl groups excluding tert-OH is 1. The molecule has 0 unspecified atom stereocenters. The fourth-order valence-electron chi connectivity index (χ4n) is 8.71. The van der Waals surface area contributed by atoms with Crippen molar-refractivity contribution in [3.63, 3.8) is 0 Å². The van der Waals surface area contributed by atoms with Gasteiger partial charge in [0.1, 0.15) is 16.8 Å². The first-order valence-corrected chi connectivity index (χ1v) is 10.0.